The molecular formula is C22H26N4O4S2. The average Bonchev–Trinajstić information content (AvgIpc) is 3.08. The fourth-order valence-corrected chi connectivity index (χ4v) is 6.20. The van der Waals surface area contributed by atoms with Gasteiger partial charge in [0.1, 0.15) is 17.2 Å². The maximum absolute atomic E-state index is 13.5. The number of benzene rings is 1. The number of carbonyl (C=O) groups is 1. The number of nitrogens with one attached hydrogen (secondary N) is 1. The first-order valence-corrected chi connectivity index (χ1v) is 12.8. The van der Waals surface area contributed by atoms with Gasteiger partial charge in [0.15, 0.2) is 0 Å². The minimum Gasteiger partial charge on any atom is -0.302 e. The third-order valence-electron chi connectivity index (χ3n) is 5.49. The Morgan fingerprint density at radius 1 is 1.19 bits per heavy atom. The van der Waals surface area contributed by atoms with Gasteiger partial charge in [0, 0.05) is 4.88 Å². The van der Waals surface area contributed by atoms with Crippen LogP contribution in [0.2, 0.25) is 0 Å². The highest BCUT2D eigenvalue weighted by Crippen LogP contribution is 2.33. The first-order chi connectivity index (χ1) is 15.2. The minimum absolute atomic E-state index is 0.00204. The van der Waals surface area contributed by atoms with Gasteiger partial charge in [-0.25, -0.2) is 18.1 Å². The van der Waals surface area contributed by atoms with Gasteiger partial charge in [-0.2, -0.15) is 0 Å². The molecule has 4 rings (SSSR count). The van der Waals surface area contributed by atoms with Crippen LogP contribution in [0.25, 0.3) is 10.2 Å². The molecule has 1 aliphatic rings. The highest BCUT2D eigenvalue weighted by molar-refractivity contribution is 7.90. The molecule has 0 atom stereocenters. The van der Waals surface area contributed by atoms with E-state index in [4.69, 9.17) is 4.98 Å². The van der Waals surface area contributed by atoms with E-state index in [0.29, 0.717) is 22.6 Å². The molecule has 10 heteroatoms. The summed E-state index contributed by atoms with van der Waals surface area (Å²) >= 11 is 1.55. The number of aromatic nitrogens is 2. The zero-order chi connectivity index (χ0) is 23.0. The Morgan fingerprint density at radius 3 is 2.56 bits per heavy atom. The molecule has 0 aliphatic heterocycles. The molecule has 8 nitrogen and oxygen atoms in total. The summed E-state index contributed by atoms with van der Waals surface area (Å²) in [7, 11) is -0.336. The lowest BCUT2D eigenvalue weighted by Gasteiger charge is -2.16. The summed E-state index contributed by atoms with van der Waals surface area (Å²) in [6.07, 6.45) is 3.88. The summed E-state index contributed by atoms with van der Waals surface area (Å²) < 4.78 is 28.6. The third kappa shape index (κ3) is 4.48. The maximum Gasteiger partial charge on any atom is 0.264 e. The van der Waals surface area contributed by atoms with E-state index in [1.807, 2.05) is 25.9 Å². The molecule has 0 unspecified atom stereocenters. The summed E-state index contributed by atoms with van der Waals surface area (Å²) in [6, 6.07) is 6.21. The number of sulfonamides is 1. The number of amides is 1. The van der Waals surface area contributed by atoms with E-state index in [0.717, 1.165) is 36.8 Å². The van der Waals surface area contributed by atoms with Crippen LogP contribution in [-0.4, -0.2) is 42.9 Å². The molecule has 3 aromatic rings. The van der Waals surface area contributed by atoms with E-state index in [9.17, 15) is 18.0 Å². The second-order valence-corrected chi connectivity index (χ2v) is 11.2. The van der Waals surface area contributed by atoms with Crippen molar-refractivity contribution >= 4 is 37.5 Å². The molecular weight excluding hydrogens is 448 g/mol. The summed E-state index contributed by atoms with van der Waals surface area (Å²) in [4.78, 5) is 34.6. The molecule has 32 heavy (non-hydrogen) atoms. The van der Waals surface area contributed by atoms with Crippen LogP contribution in [0, 0.1) is 6.92 Å². The second-order valence-electron chi connectivity index (χ2n) is 8.39. The lowest BCUT2D eigenvalue weighted by atomic mass is 9.97. The summed E-state index contributed by atoms with van der Waals surface area (Å²) in [6.45, 7) is 1.78. The van der Waals surface area contributed by atoms with Crippen LogP contribution >= 0.6 is 11.3 Å². The molecule has 0 bridgehead atoms. The van der Waals surface area contributed by atoms with Crippen molar-refractivity contribution in [2.75, 3.05) is 14.1 Å². The largest absolute Gasteiger partial charge is 0.302 e. The summed E-state index contributed by atoms with van der Waals surface area (Å²) in [5.74, 6) is -0.341. The standard InChI is InChI=1S/C22H26N4O4S2/c1-14-8-10-15(11-9-14)32(29,30)24-19(27)13-26-18(12-25(2)3)23-21-20(22(26)28)16-6-4-5-7-17(16)31-21/h8-11H,4-7,12-13H2,1-3H3,(H,24,27). The molecule has 1 amide bonds. The third-order valence-corrected chi connectivity index (χ3v) is 8.07. The van der Waals surface area contributed by atoms with E-state index in [-0.39, 0.29) is 10.5 Å². The fraction of sp³-hybridized carbons (Fsp3) is 0.409. The number of hydrogen-bond acceptors (Lipinski definition) is 7. The van der Waals surface area contributed by atoms with Crippen LogP contribution in [0.5, 0.6) is 0 Å². The van der Waals surface area contributed by atoms with E-state index >= 15 is 0 Å². The van der Waals surface area contributed by atoms with Crippen LogP contribution in [0.15, 0.2) is 34.0 Å². The van der Waals surface area contributed by atoms with Crippen molar-refractivity contribution in [3.8, 4) is 0 Å². The van der Waals surface area contributed by atoms with Crippen molar-refractivity contribution in [2.24, 2.45) is 0 Å². The van der Waals surface area contributed by atoms with Gasteiger partial charge in [-0.3, -0.25) is 14.2 Å². The van der Waals surface area contributed by atoms with Crippen LogP contribution in [0.3, 0.4) is 0 Å². The van der Waals surface area contributed by atoms with Crippen molar-refractivity contribution in [2.45, 2.75) is 50.6 Å². The molecule has 1 N–H and O–H groups in total. The first-order valence-electron chi connectivity index (χ1n) is 10.5. The zero-order valence-corrected chi connectivity index (χ0v) is 20.0. The van der Waals surface area contributed by atoms with Gasteiger partial charge >= 0.3 is 0 Å². The molecule has 0 spiro atoms. The van der Waals surface area contributed by atoms with Gasteiger partial charge in [-0.05, 0) is 64.4 Å². The normalized spacial score (nSPS) is 14.0. The van der Waals surface area contributed by atoms with Crippen LogP contribution in [0.4, 0.5) is 0 Å². The molecule has 2 heterocycles. The van der Waals surface area contributed by atoms with Crippen molar-refractivity contribution < 1.29 is 13.2 Å². The molecule has 2 aromatic heterocycles. The van der Waals surface area contributed by atoms with Crippen LogP contribution < -0.4 is 10.3 Å². The van der Waals surface area contributed by atoms with E-state index < -0.39 is 22.5 Å². The number of nitrogens with zero attached hydrogens (tertiary/aromatic N) is 3. The zero-order valence-electron chi connectivity index (χ0n) is 18.3. The quantitative estimate of drug-likeness (QED) is 0.588. The highest BCUT2D eigenvalue weighted by Gasteiger charge is 2.24. The van der Waals surface area contributed by atoms with E-state index in [1.54, 1.807) is 23.5 Å². The van der Waals surface area contributed by atoms with Crippen LogP contribution in [-0.2, 0) is 40.7 Å². The predicted octanol–water partition coefficient (Wildman–Crippen LogP) is 2.21. The Labute approximate surface area is 190 Å². The first kappa shape index (κ1) is 22.6. The lowest BCUT2D eigenvalue weighted by molar-refractivity contribution is -0.120. The van der Waals surface area contributed by atoms with Gasteiger partial charge in [-0.1, -0.05) is 17.7 Å². The van der Waals surface area contributed by atoms with E-state index in [1.165, 1.54) is 21.6 Å². The molecule has 0 radical (unpaired) electrons. The second kappa shape index (κ2) is 8.76. The summed E-state index contributed by atoms with van der Waals surface area (Å²) in [5.41, 5.74) is 1.66. The number of carbonyl (C=O) groups excluding carboxylic acids is 1. The monoisotopic (exact) mass is 474 g/mol. The Hall–Kier alpha value is -2.56. The molecule has 0 fully saturated rings. The number of aryl methyl sites for hydroxylation is 3. The number of thiophene rings is 1. The molecule has 0 saturated carbocycles. The maximum atomic E-state index is 13.5. The van der Waals surface area contributed by atoms with E-state index in [2.05, 4.69) is 4.72 Å². The number of hydrogen-bond donors (Lipinski definition) is 1. The van der Waals surface area contributed by atoms with Gasteiger partial charge in [0.05, 0.1) is 16.8 Å². The summed E-state index contributed by atoms with van der Waals surface area (Å²) in [5, 5.41) is 0.571. The molecule has 1 aliphatic carbocycles. The van der Waals surface area contributed by atoms with Gasteiger partial charge < -0.3 is 4.90 Å². The average molecular weight is 475 g/mol. The van der Waals surface area contributed by atoms with Gasteiger partial charge in [-0.15, -0.1) is 11.3 Å². The van der Waals surface area contributed by atoms with Crippen molar-refractivity contribution in [1.29, 1.82) is 0 Å². The fourth-order valence-electron chi connectivity index (χ4n) is 3.95. The Balaban J connectivity index is 1.70. The molecule has 1 aromatic carbocycles. The Morgan fingerprint density at radius 2 is 1.88 bits per heavy atom. The Bertz CT molecular complexity index is 1340. The topological polar surface area (TPSA) is 101 Å². The van der Waals surface area contributed by atoms with Crippen molar-refractivity contribution in [3.63, 3.8) is 0 Å². The number of fused-ring (bicyclic) bond motifs is 3. The minimum atomic E-state index is -4.03. The number of rotatable bonds is 6. The predicted molar refractivity (Wildman–Crippen MR) is 124 cm³/mol. The smallest absolute Gasteiger partial charge is 0.264 e. The van der Waals surface area contributed by atoms with Crippen molar-refractivity contribution in [3.05, 3.63) is 56.4 Å². The molecule has 0 saturated heterocycles. The van der Waals surface area contributed by atoms with Gasteiger partial charge in [0.25, 0.3) is 21.5 Å². The lowest BCUT2D eigenvalue weighted by Crippen LogP contribution is -2.38. The SMILES string of the molecule is Cc1ccc(S(=O)(=O)NC(=O)Cn2c(CN(C)C)nc3sc4c(c3c2=O)CCCC4)cc1. The van der Waals surface area contributed by atoms with Crippen LogP contribution in [0.1, 0.15) is 34.7 Å². The van der Waals surface area contributed by atoms with Gasteiger partial charge in [0.2, 0.25) is 0 Å². The highest BCUT2D eigenvalue weighted by atomic mass is 32.2. The van der Waals surface area contributed by atoms with Crippen molar-refractivity contribution in [1.82, 2.24) is 19.2 Å². The molecule has 170 valence electrons. The Kier molecular flexibility index (Phi) is 6.19.